The Hall–Kier alpha value is -1.55. The summed E-state index contributed by atoms with van der Waals surface area (Å²) in [6, 6.07) is 6.60. The number of benzene rings is 1. The lowest BCUT2D eigenvalue weighted by atomic mass is 10.1. The average Bonchev–Trinajstić information content (AvgIpc) is 2.44. The van der Waals surface area contributed by atoms with Crippen molar-refractivity contribution in [1.82, 2.24) is 5.32 Å². The SMILES string of the molecule is CCCCCN[C@@H](Cc1ccc(O)cc1)C(=O)OCC. The van der Waals surface area contributed by atoms with Gasteiger partial charge in [0.1, 0.15) is 11.8 Å². The molecule has 0 fully saturated rings. The minimum absolute atomic E-state index is 0.211. The second kappa shape index (κ2) is 9.37. The lowest BCUT2D eigenvalue weighted by Crippen LogP contribution is -2.40. The summed E-state index contributed by atoms with van der Waals surface area (Å²) in [6.07, 6.45) is 3.94. The fourth-order valence-corrected chi connectivity index (χ4v) is 2.00. The average molecular weight is 279 g/mol. The molecule has 0 bridgehead atoms. The normalized spacial score (nSPS) is 12.1. The van der Waals surface area contributed by atoms with E-state index in [1.54, 1.807) is 12.1 Å². The number of esters is 1. The molecule has 0 aliphatic heterocycles. The van der Waals surface area contributed by atoms with Crippen LogP contribution >= 0.6 is 0 Å². The van der Waals surface area contributed by atoms with Crippen LogP contribution in [-0.4, -0.2) is 30.3 Å². The maximum Gasteiger partial charge on any atom is 0.323 e. The monoisotopic (exact) mass is 279 g/mol. The summed E-state index contributed by atoms with van der Waals surface area (Å²) in [5.74, 6) is 0.0226. The molecule has 1 atom stereocenters. The first-order chi connectivity index (χ1) is 9.67. The van der Waals surface area contributed by atoms with Crippen molar-refractivity contribution >= 4 is 5.97 Å². The Labute approximate surface area is 121 Å². The minimum Gasteiger partial charge on any atom is -0.508 e. The molecular formula is C16H25NO3. The number of nitrogens with one attached hydrogen (secondary N) is 1. The van der Waals surface area contributed by atoms with Crippen molar-refractivity contribution in [2.75, 3.05) is 13.2 Å². The highest BCUT2D eigenvalue weighted by atomic mass is 16.5. The van der Waals surface area contributed by atoms with E-state index >= 15 is 0 Å². The Bertz CT molecular complexity index is 389. The number of unbranched alkanes of at least 4 members (excludes halogenated alkanes) is 2. The highest BCUT2D eigenvalue weighted by Gasteiger charge is 2.19. The Morgan fingerprint density at radius 1 is 1.25 bits per heavy atom. The molecule has 4 nitrogen and oxygen atoms in total. The number of rotatable bonds is 9. The molecule has 0 saturated heterocycles. The molecule has 1 aromatic carbocycles. The van der Waals surface area contributed by atoms with Gasteiger partial charge in [0, 0.05) is 0 Å². The number of carbonyl (C=O) groups is 1. The summed E-state index contributed by atoms with van der Waals surface area (Å²) >= 11 is 0. The van der Waals surface area contributed by atoms with Gasteiger partial charge in [-0.05, 0) is 44.0 Å². The molecule has 20 heavy (non-hydrogen) atoms. The first-order valence-corrected chi connectivity index (χ1v) is 7.35. The lowest BCUT2D eigenvalue weighted by molar-refractivity contribution is -0.145. The van der Waals surface area contributed by atoms with E-state index in [1.165, 1.54) is 0 Å². The molecule has 0 aliphatic carbocycles. The van der Waals surface area contributed by atoms with Crippen LogP contribution in [-0.2, 0) is 16.0 Å². The topological polar surface area (TPSA) is 58.6 Å². The van der Waals surface area contributed by atoms with E-state index in [2.05, 4.69) is 12.2 Å². The van der Waals surface area contributed by atoms with Gasteiger partial charge in [0.25, 0.3) is 0 Å². The van der Waals surface area contributed by atoms with Gasteiger partial charge < -0.3 is 15.2 Å². The minimum atomic E-state index is -0.323. The summed E-state index contributed by atoms with van der Waals surface area (Å²) in [4.78, 5) is 11.9. The molecule has 0 spiro atoms. The number of phenols is 1. The standard InChI is InChI=1S/C16H25NO3/c1-3-5-6-11-17-15(16(19)20-4-2)12-13-7-9-14(18)10-8-13/h7-10,15,17-18H,3-6,11-12H2,1-2H3/t15-/m0/s1. The number of aromatic hydroxyl groups is 1. The van der Waals surface area contributed by atoms with E-state index in [0.717, 1.165) is 31.4 Å². The molecule has 1 aromatic rings. The van der Waals surface area contributed by atoms with Gasteiger partial charge in [-0.2, -0.15) is 0 Å². The Balaban J connectivity index is 2.56. The second-order valence-electron chi connectivity index (χ2n) is 4.84. The van der Waals surface area contributed by atoms with Crippen LogP contribution in [0.5, 0.6) is 5.75 Å². The fraction of sp³-hybridized carbons (Fsp3) is 0.562. The van der Waals surface area contributed by atoms with Crippen molar-refractivity contribution in [3.05, 3.63) is 29.8 Å². The van der Waals surface area contributed by atoms with Crippen molar-refractivity contribution in [2.24, 2.45) is 0 Å². The first-order valence-electron chi connectivity index (χ1n) is 7.35. The van der Waals surface area contributed by atoms with Gasteiger partial charge in [-0.25, -0.2) is 0 Å². The van der Waals surface area contributed by atoms with Gasteiger partial charge in [-0.1, -0.05) is 31.9 Å². The van der Waals surface area contributed by atoms with Gasteiger partial charge >= 0.3 is 5.97 Å². The molecule has 0 radical (unpaired) electrons. The summed E-state index contributed by atoms with van der Waals surface area (Å²) in [5.41, 5.74) is 1.00. The van der Waals surface area contributed by atoms with Crippen LogP contribution in [0.15, 0.2) is 24.3 Å². The zero-order chi connectivity index (χ0) is 14.8. The predicted octanol–water partition coefficient (Wildman–Crippen LogP) is 2.65. The van der Waals surface area contributed by atoms with E-state index in [4.69, 9.17) is 4.74 Å². The molecule has 0 saturated carbocycles. The van der Waals surface area contributed by atoms with Crippen LogP contribution in [0.4, 0.5) is 0 Å². The number of hydrogen-bond donors (Lipinski definition) is 2. The third-order valence-corrected chi connectivity index (χ3v) is 3.12. The van der Waals surface area contributed by atoms with E-state index < -0.39 is 0 Å². The highest BCUT2D eigenvalue weighted by Crippen LogP contribution is 2.12. The van der Waals surface area contributed by atoms with Crippen molar-refractivity contribution in [3.8, 4) is 5.75 Å². The first kappa shape index (κ1) is 16.5. The largest absolute Gasteiger partial charge is 0.508 e. The van der Waals surface area contributed by atoms with Gasteiger partial charge in [0.2, 0.25) is 0 Å². The van der Waals surface area contributed by atoms with Gasteiger partial charge in [-0.3, -0.25) is 4.79 Å². The molecule has 2 N–H and O–H groups in total. The van der Waals surface area contributed by atoms with Gasteiger partial charge in [0.15, 0.2) is 0 Å². The fourth-order valence-electron chi connectivity index (χ4n) is 2.00. The third kappa shape index (κ3) is 6.06. The molecule has 0 amide bonds. The Morgan fingerprint density at radius 3 is 2.55 bits per heavy atom. The van der Waals surface area contributed by atoms with E-state index in [9.17, 15) is 9.90 Å². The van der Waals surface area contributed by atoms with Crippen LogP contribution in [0.2, 0.25) is 0 Å². The molecule has 0 aromatic heterocycles. The maximum atomic E-state index is 11.9. The number of phenolic OH excluding ortho intramolecular Hbond substituents is 1. The smallest absolute Gasteiger partial charge is 0.323 e. The van der Waals surface area contributed by atoms with Crippen molar-refractivity contribution < 1.29 is 14.6 Å². The summed E-state index contributed by atoms with van der Waals surface area (Å²) in [7, 11) is 0. The Kier molecular flexibility index (Phi) is 7.73. The molecular weight excluding hydrogens is 254 g/mol. The number of carbonyl (C=O) groups excluding carboxylic acids is 1. The second-order valence-corrected chi connectivity index (χ2v) is 4.84. The Morgan fingerprint density at radius 2 is 1.95 bits per heavy atom. The van der Waals surface area contributed by atoms with E-state index in [0.29, 0.717) is 13.0 Å². The van der Waals surface area contributed by atoms with Crippen molar-refractivity contribution in [1.29, 1.82) is 0 Å². The van der Waals surface area contributed by atoms with Crippen molar-refractivity contribution in [3.63, 3.8) is 0 Å². The van der Waals surface area contributed by atoms with Gasteiger partial charge in [-0.15, -0.1) is 0 Å². The van der Waals surface area contributed by atoms with Gasteiger partial charge in [0.05, 0.1) is 6.61 Å². The van der Waals surface area contributed by atoms with Crippen LogP contribution in [0.3, 0.4) is 0 Å². The number of hydrogen-bond acceptors (Lipinski definition) is 4. The van der Waals surface area contributed by atoms with Crippen LogP contribution < -0.4 is 5.32 Å². The molecule has 112 valence electrons. The van der Waals surface area contributed by atoms with E-state index in [-0.39, 0.29) is 17.8 Å². The van der Waals surface area contributed by atoms with E-state index in [1.807, 2.05) is 19.1 Å². The van der Waals surface area contributed by atoms with Crippen LogP contribution in [0.25, 0.3) is 0 Å². The highest BCUT2D eigenvalue weighted by molar-refractivity contribution is 5.76. The third-order valence-electron chi connectivity index (χ3n) is 3.12. The number of ether oxygens (including phenoxy) is 1. The predicted molar refractivity (Wildman–Crippen MR) is 79.8 cm³/mol. The zero-order valence-electron chi connectivity index (χ0n) is 12.4. The lowest BCUT2D eigenvalue weighted by Gasteiger charge is -2.17. The van der Waals surface area contributed by atoms with Crippen LogP contribution in [0, 0.1) is 0 Å². The molecule has 0 aliphatic rings. The molecule has 0 heterocycles. The van der Waals surface area contributed by atoms with Crippen molar-refractivity contribution in [2.45, 2.75) is 45.6 Å². The zero-order valence-corrected chi connectivity index (χ0v) is 12.4. The molecule has 0 unspecified atom stereocenters. The molecule has 4 heteroatoms. The molecule has 1 rings (SSSR count). The quantitative estimate of drug-likeness (QED) is 0.539. The summed E-state index contributed by atoms with van der Waals surface area (Å²) < 4.78 is 5.11. The maximum absolute atomic E-state index is 11.9. The summed E-state index contributed by atoms with van der Waals surface area (Å²) in [5, 5.41) is 12.5. The summed E-state index contributed by atoms with van der Waals surface area (Å²) in [6.45, 7) is 5.17. The van der Waals surface area contributed by atoms with Crippen LogP contribution in [0.1, 0.15) is 38.7 Å².